The van der Waals surface area contributed by atoms with Gasteiger partial charge in [0, 0.05) is 18.0 Å². The molecule has 3 aromatic heterocycles. The molecule has 4 aromatic rings. The van der Waals surface area contributed by atoms with Crippen LogP contribution in [-0.2, 0) is 18.4 Å². The molecule has 1 N–H and O–H groups in total. The van der Waals surface area contributed by atoms with E-state index in [-0.39, 0.29) is 43.3 Å². The van der Waals surface area contributed by atoms with Gasteiger partial charge >= 0.3 is 5.69 Å². The number of amides is 1. The number of aromatic nitrogens is 5. The summed E-state index contributed by atoms with van der Waals surface area (Å²) in [5.41, 5.74) is 0.581. The first-order valence-electron chi connectivity index (χ1n) is 10.9. The first kappa shape index (κ1) is 23.8. The first-order valence-corrected chi connectivity index (χ1v) is 11.7. The Balaban J connectivity index is 2.02. The van der Waals surface area contributed by atoms with Gasteiger partial charge in [0.05, 0.1) is 42.8 Å². The zero-order chi connectivity index (χ0) is 24.6. The van der Waals surface area contributed by atoms with E-state index in [0.29, 0.717) is 15.2 Å². The van der Waals surface area contributed by atoms with Crippen molar-refractivity contribution >= 4 is 38.5 Å². The van der Waals surface area contributed by atoms with E-state index in [4.69, 9.17) is 4.84 Å². The minimum Gasteiger partial charge on any atom is -0.394 e. The van der Waals surface area contributed by atoms with Crippen LogP contribution in [0.15, 0.2) is 33.9 Å². The fraction of sp³-hybridized carbons (Fsp3) is 0.409. The third-order valence-corrected chi connectivity index (χ3v) is 6.63. The van der Waals surface area contributed by atoms with Crippen LogP contribution < -0.4 is 11.2 Å². The Hall–Kier alpha value is -3.35. The third kappa shape index (κ3) is 3.93. The fourth-order valence-corrected chi connectivity index (χ4v) is 5.29. The Morgan fingerprint density at radius 1 is 1.26 bits per heavy atom. The second-order valence-electron chi connectivity index (χ2n) is 7.98. The average molecular weight is 487 g/mol. The summed E-state index contributed by atoms with van der Waals surface area (Å²) in [6.45, 7) is 5.39. The molecule has 4 rings (SSSR count). The molecule has 0 saturated heterocycles. The molecule has 0 radical (unpaired) electrons. The molecule has 12 heteroatoms. The number of rotatable bonds is 8. The molecule has 0 unspecified atom stereocenters. The Bertz CT molecular complexity index is 1470. The molecule has 3 heterocycles. The van der Waals surface area contributed by atoms with Crippen molar-refractivity contribution in [3.05, 3.63) is 55.5 Å². The van der Waals surface area contributed by atoms with Crippen LogP contribution in [0.25, 0.3) is 21.3 Å². The van der Waals surface area contributed by atoms with Gasteiger partial charge in [-0.3, -0.25) is 23.6 Å². The van der Waals surface area contributed by atoms with Gasteiger partial charge in [-0.2, -0.15) is 0 Å². The van der Waals surface area contributed by atoms with Gasteiger partial charge in [-0.25, -0.2) is 14.5 Å². The summed E-state index contributed by atoms with van der Waals surface area (Å²) in [4.78, 5) is 46.3. The van der Waals surface area contributed by atoms with Crippen LogP contribution >= 0.6 is 11.3 Å². The Morgan fingerprint density at radius 2 is 2.00 bits per heavy atom. The largest absolute Gasteiger partial charge is 0.394 e. The molecule has 0 atom stereocenters. The predicted molar refractivity (Wildman–Crippen MR) is 128 cm³/mol. The first-order chi connectivity index (χ1) is 16.3. The zero-order valence-electron chi connectivity index (χ0n) is 19.4. The highest BCUT2D eigenvalue weighted by atomic mass is 32.1. The maximum absolute atomic E-state index is 13.7. The molecular formula is C22H26N6O5S. The van der Waals surface area contributed by atoms with Gasteiger partial charge < -0.3 is 5.11 Å². The van der Waals surface area contributed by atoms with Crippen molar-refractivity contribution in [3.8, 4) is 0 Å². The van der Waals surface area contributed by atoms with E-state index in [1.807, 2.05) is 38.1 Å². The van der Waals surface area contributed by atoms with Crippen LogP contribution in [0.4, 0.5) is 0 Å². The molecule has 11 nitrogen and oxygen atoms in total. The molecule has 180 valence electrons. The normalized spacial score (nSPS) is 11.7. The Morgan fingerprint density at radius 3 is 2.68 bits per heavy atom. The molecule has 0 spiro atoms. The van der Waals surface area contributed by atoms with Crippen LogP contribution in [0.3, 0.4) is 0 Å². The summed E-state index contributed by atoms with van der Waals surface area (Å²) in [6, 6.07) is 7.17. The lowest BCUT2D eigenvalue weighted by molar-refractivity contribution is -0.123. The molecule has 0 aliphatic rings. The zero-order valence-corrected chi connectivity index (χ0v) is 20.2. The van der Waals surface area contributed by atoms with Gasteiger partial charge in [-0.05, 0) is 32.9 Å². The molecule has 0 aliphatic carbocycles. The number of para-hydroxylation sites is 1. The number of carbonyl (C=O) groups excluding carboxylic acids is 1. The van der Waals surface area contributed by atoms with Gasteiger partial charge in [0.15, 0.2) is 0 Å². The van der Waals surface area contributed by atoms with Crippen molar-refractivity contribution in [1.82, 2.24) is 29.2 Å². The van der Waals surface area contributed by atoms with E-state index in [1.165, 1.54) is 23.0 Å². The van der Waals surface area contributed by atoms with Crippen molar-refractivity contribution in [3.63, 3.8) is 0 Å². The van der Waals surface area contributed by atoms with Crippen LogP contribution in [0.5, 0.6) is 0 Å². The summed E-state index contributed by atoms with van der Waals surface area (Å²) in [7, 11) is 1.40. The van der Waals surface area contributed by atoms with Crippen molar-refractivity contribution in [1.29, 1.82) is 0 Å². The van der Waals surface area contributed by atoms with Gasteiger partial charge in [0.1, 0.15) is 10.3 Å². The number of hydroxylamine groups is 2. The molecular weight excluding hydrogens is 460 g/mol. The van der Waals surface area contributed by atoms with Crippen LogP contribution in [0, 0.1) is 0 Å². The van der Waals surface area contributed by atoms with Gasteiger partial charge in [0.2, 0.25) is 0 Å². The third-order valence-electron chi connectivity index (χ3n) is 5.45. The summed E-state index contributed by atoms with van der Waals surface area (Å²) in [6.07, 6.45) is 0. The van der Waals surface area contributed by atoms with Gasteiger partial charge in [-0.1, -0.05) is 17.3 Å². The van der Waals surface area contributed by atoms with Crippen LogP contribution in [-0.4, -0.2) is 60.0 Å². The number of aliphatic hydroxyl groups is 1. The van der Waals surface area contributed by atoms with E-state index in [0.717, 1.165) is 15.1 Å². The lowest BCUT2D eigenvalue weighted by Gasteiger charge is -2.20. The van der Waals surface area contributed by atoms with E-state index in [1.54, 1.807) is 11.6 Å². The average Bonchev–Trinajstić information content (AvgIpc) is 3.39. The van der Waals surface area contributed by atoms with E-state index >= 15 is 0 Å². The standard InChI is InChI=1S/C22H26N6O5S/c1-5-33-27(10-11-29)20(31)17-16(12-26-15-9-7-6-8-14(15)23-24-26)34-21-18(17)19(30)25(4)22(32)28(21)13(2)3/h6-9,13,29H,5,10-12H2,1-4H3. The number of fused-ring (bicyclic) bond motifs is 2. The smallest absolute Gasteiger partial charge is 0.332 e. The predicted octanol–water partition coefficient (Wildman–Crippen LogP) is 1.52. The SMILES string of the molecule is CCON(CCO)C(=O)c1c(Cn2nnc3ccccc32)sc2c1c(=O)n(C)c(=O)n2C(C)C. The maximum atomic E-state index is 13.7. The second kappa shape index (κ2) is 9.49. The van der Waals surface area contributed by atoms with Crippen LogP contribution in [0.2, 0.25) is 0 Å². The summed E-state index contributed by atoms with van der Waals surface area (Å²) < 4.78 is 4.17. The quantitative estimate of drug-likeness (QED) is 0.375. The highest BCUT2D eigenvalue weighted by Gasteiger charge is 2.30. The van der Waals surface area contributed by atoms with Crippen molar-refractivity contribution in [2.75, 3.05) is 19.8 Å². The van der Waals surface area contributed by atoms with E-state index < -0.39 is 17.2 Å². The van der Waals surface area contributed by atoms with E-state index in [2.05, 4.69) is 10.3 Å². The molecule has 1 aromatic carbocycles. The highest BCUT2D eigenvalue weighted by Crippen LogP contribution is 2.32. The van der Waals surface area contributed by atoms with E-state index in [9.17, 15) is 19.5 Å². The highest BCUT2D eigenvalue weighted by molar-refractivity contribution is 7.19. The van der Waals surface area contributed by atoms with Crippen molar-refractivity contribution in [2.45, 2.75) is 33.4 Å². The minimum atomic E-state index is -0.563. The lowest BCUT2D eigenvalue weighted by atomic mass is 10.1. The molecule has 0 bridgehead atoms. The molecule has 0 fully saturated rings. The Kier molecular flexibility index (Phi) is 6.64. The number of nitrogens with zero attached hydrogens (tertiary/aromatic N) is 6. The van der Waals surface area contributed by atoms with Crippen LogP contribution in [0.1, 0.15) is 42.0 Å². The van der Waals surface area contributed by atoms with Crippen molar-refractivity contribution in [2.24, 2.45) is 7.05 Å². The number of benzene rings is 1. The lowest BCUT2D eigenvalue weighted by Crippen LogP contribution is -2.40. The number of hydrogen-bond donors (Lipinski definition) is 1. The molecule has 1 amide bonds. The summed E-state index contributed by atoms with van der Waals surface area (Å²) >= 11 is 1.20. The van der Waals surface area contributed by atoms with Crippen molar-refractivity contribution < 1.29 is 14.7 Å². The molecule has 0 saturated carbocycles. The maximum Gasteiger partial charge on any atom is 0.332 e. The molecule has 34 heavy (non-hydrogen) atoms. The monoisotopic (exact) mass is 486 g/mol. The topological polar surface area (TPSA) is 124 Å². The van der Waals surface area contributed by atoms with Gasteiger partial charge in [0.25, 0.3) is 11.5 Å². The molecule has 0 aliphatic heterocycles. The number of aliphatic hydroxyl groups excluding tert-OH is 1. The minimum absolute atomic E-state index is 0.0696. The number of hydrogen-bond acceptors (Lipinski definition) is 8. The summed E-state index contributed by atoms with van der Waals surface area (Å²) in [5.74, 6) is -0.562. The second-order valence-corrected chi connectivity index (χ2v) is 9.06. The van der Waals surface area contributed by atoms with Gasteiger partial charge in [-0.15, -0.1) is 16.4 Å². The number of thiophene rings is 1. The Labute approximate surface area is 198 Å². The fourth-order valence-electron chi connectivity index (χ4n) is 3.90. The number of carbonyl (C=O) groups is 1. The summed E-state index contributed by atoms with van der Waals surface area (Å²) in [5, 5.41) is 19.1.